The second-order valence-electron chi connectivity index (χ2n) is 11.3. The Labute approximate surface area is 264 Å². The van der Waals surface area contributed by atoms with Gasteiger partial charge >= 0.3 is 0 Å². The Kier molecular flexibility index (Phi) is 7.96. The zero-order valence-electron chi connectivity index (χ0n) is 23.5. The number of anilines is 1. The van der Waals surface area contributed by atoms with Gasteiger partial charge in [0.1, 0.15) is 11.2 Å². The first kappa shape index (κ1) is 31.1. The van der Waals surface area contributed by atoms with Gasteiger partial charge in [-0.3, -0.25) is 14.4 Å². The summed E-state index contributed by atoms with van der Waals surface area (Å²) < 4.78 is 31.7. The molecule has 3 atom stereocenters. The van der Waals surface area contributed by atoms with Gasteiger partial charge in [-0.2, -0.15) is 0 Å². The molecule has 0 saturated carbocycles. The van der Waals surface area contributed by atoms with Gasteiger partial charge < -0.3 is 15.4 Å². The van der Waals surface area contributed by atoms with Crippen LogP contribution in [0.25, 0.3) is 0 Å². The summed E-state index contributed by atoms with van der Waals surface area (Å²) in [6.07, 6.45) is 0.720. The number of benzene rings is 3. The molecule has 1 saturated heterocycles. The molecular weight excluding hydrogens is 637 g/mol. The molecule has 0 aliphatic carbocycles. The van der Waals surface area contributed by atoms with Crippen LogP contribution < -0.4 is 20.1 Å². The summed E-state index contributed by atoms with van der Waals surface area (Å²) in [5.41, 5.74) is -0.220. The molecule has 226 valence electrons. The summed E-state index contributed by atoms with van der Waals surface area (Å²) in [6, 6.07) is 14.1. The maximum atomic E-state index is 14.4. The molecule has 1 fully saturated rings. The third-order valence-electron chi connectivity index (χ3n) is 7.84. The predicted octanol–water partition coefficient (Wildman–Crippen LogP) is 5.42. The lowest BCUT2D eigenvalue weighted by molar-refractivity contribution is -0.133. The quantitative estimate of drug-likeness (QED) is 0.323. The van der Waals surface area contributed by atoms with Crippen LogP contribution in [0.5, 0.6) is 5.75 Å². The smallest absolute Gasteiger partial charge is 0.277 e. The van der Waals surface area contributed by atoms with Crippen molar-refractivity contribution in [2.45, 2.75) is 50.2 Å². The number of nitrogens with one attached hydrogen (secondary N) is 3. The Hall–Kier alpha value is -3.31. The van der Waals surface area contributed by atoms with Crippen molar-refractivity contribution in [2.75, 3.05) is 11.6 Å². The fourth-order valence-electron chi connectivity index (χ4n) is 5.94. The molecular formula is C30H28Cl3N3O6S. The van der Waals surface area contributed by atoms with E-state index in [4.69, 9.17) is 39.5 Å². The highest BCUT2D eigenvalue weighted by molar-refractivity contribution is 7.89. The number of rotatable bonds is 6. The Bertz CT molecular complexity index is 1800. The molecule has 0 bridgehead atoms. The summed E-state index contributed by atoms with van der Waals surface area (Å²) in [4.78, 5) is 40.8. The summed E-state index contributed by atoms with van der Waals surface area (Å²) in [6.45, 7) is 4.68. The normalized spacial score (nSPS) is 21.7. The van der Waals surface area contributed by atoms with Crippen molar-refractivity contribution in [1.29, 1.82) is 0 Å². The van der Waals surface area contributed by atoms with E-state index in [2.05, 4.69) is 10.6 Å². The standard InChI is InChI=1S/C30H28Cl3N3O6S/c1-15-5-6-16(31)11-19(15)26-30(21-9-7-18(33)13-23(21)34-28(30)39)22(14-25(37)35-26)20-12-17(32)8-10-24(20)42-29(2,3)27(38)36-43(4,40)41/h5-13,22,26H,14H2,1-4H3,(H,34,39)(H,35,37)(H,36,38)/t22-,26+,30-/m1/s1. The molecule has 3 aromatic carbocycles. The fourth-order valence-corrected chi connectivity index (χ4v) is 7.06. The minimum absolute atomic E-state index is 0.141. The largest absolute Gasteiger partial charge is 0.478 e. The first-order valence-electron chi connectivity index (χ1n) is 13.2. The van der Waals surface area contributed by atoms with E-state index in [1.165, 1.54) is 19.9 Å². The lowest BCUT2D eigenvalue weighted by Crippen LogP contribution is -2.57. The number of carbonyl (C=O) groups excluding carboxylic acids is 3. The molecule has 13 heteroatoms. The first-order chi connectivity index (χ1) is 20.0. The van der Waals surface area contributed by atoms with Crippen molar-refractivity contribution in [3.8, 4) is 5.75 Å². The number of sulfonamides is 1. The summed E-state index contributed by atoms with van der Waals surface area (Å²) in [5, 5.41) is 7.14. The maximum absolute atomic E-state index is 14.4. The second kappa shape index (κ2) is 11.0. The van der Waals surface area contributed by atoms with Crippen molar-refractivity contribution >= 4 is 68.2 Å². The summed E-state index contributed by atoms with van der Waals surface area (Å²) in [7, 11) is -3.88. The Morgan fingerprint density at radius 1 is 0.977 bits per heavy atom. The zero-order chi connectivity index (χ0) is 31.5. The Morgan fingerprint density at radius 2 is 1.58 bits per heavy atom. The van der Waals surface area contributed by atoms with Gasteiger partial charge in [0.2, 0.25) is 21.8 Å². The molecule has 5 rings (SSSR count). The van der Waals surface area contributed by atoms with Gasteiger partial charge in [0.25, 0.3) is 5.91 Å². The van der Waals surface area contributed by atoms with Crippen LogP contribution in [0.1, 0.15) is 54.5 Å². The Balaban J connectivity index is 1.76. The van der Waals surface area contributed by atoms with Crippen molar-refractivity contribution in [3.63, 3.8) is 0 Å². The van der Waals surface area contributed by atoms with Gasteiger partial charge in [-0.15, -0.1) is 0 Å². The van der Waals surface area contributed by atoms with E-state index in [0.717, 1.165) is 11.8 Å². The van der Waals surface area contributed by atoms with Crippen LogP contribution in [0.3, 0.4) is 0 Å². The maximum Gasteiger partial charge on any atom is 0.277 e. The lowest BCUT2D eigenvalue weighted by atomic mass is 9.59. The van der Waals surface area contributed by atoms with Gasteiger partial charge in [0, 0.05) is 38.7 Å². The number of halogens is 3. The minimum Gasteiger partial charge on any atom is -0.478 e. The third kappa shape index (κ3) is 5.69. The average Bonchev–Trinajstić information content (AvgIpc) is 3.17. The number of hydrogen-bond acceptors (Lipinski definition) is 6. The van der Waals surface area contributed by atoms with E-state index < -0.39 is 38.9 Å². The number of ether oxygens (including phenoxy) is 1. The van der Waals surface area contributed by atoms with Gasteiger partial charge in [-0.25, -0.2) is 13.1 Å². The van der Waals surface area contributed by atoms with E-state index in [1.54, 1.807) is 42.5 Å². The molecule has 43 heavy (non-hydrogen) atoms. The van der Waals surface area contributed by atoms with Crippen molar-refractivity contribution in [3.05, 3.63) is 91.9 Å². The number of piperidine rings is 1. The molecule has 1 spiro atoms. The fraction of sp³-hybridized carbons (Fsp3) is 0.300. The highest BCUT2D eigenvalue weighted by Crippen LogP contribution is 2.59. The molecule has 0 unspecified atom stereocenters. The van der Waals surface area contributed by atoms with Crippen LogP contribution in [-0.2, 0) is 29.8 Å². The van der Waals surface area contributed by atoms with Gasteiger partial charge in [-0.1, -0.05) is 46.9 Å². The van der Waals surface area contributed by atoms with Crippen LogP contribution in [0.4, 0.5) is 5.69 Å². The van der Waals surface area contributed by atoms with E-state index in [1.807, 2.05) is 17.7 Å². The van der Waals surface area contributed by atoms with Crippen molar-refractivity contribution in [1.82, 2.24) is 10.0 Å². The van der Waals surface area contributed by atoms with Gasteiger partial charge in [0.15, 0.2) is 5.60 Å². The molecule has 3 N–H and O–H groups in total. The van der Waals surface area contributed by atoms with Crippen molar-refractivity contribution in [2.24, 2.45) is 0 Å². The van der Waals surface area contributed by atoms with E-state index >= 15 is 0 Å². The van der Waals surface area contributed by atoms with E-state index in [0.29, 0.717) is 37.4 Å². The molecule has 0 aromatic heterocycles. The van der Waals surface area contributed by atoms with Crippen LogP contribution in [0.2, 0.25) is 15.1 Å². The second-order valence-corrected chi connectivity index (χ2v) is 14.3. The predicted molar refractivity (Wildman–Crippen MR) is 165 cm³/mol. The van der Waals surface area contributed by atoms with Gasteiger partial charge in [-0.05, 0) is 79.9 Å². The third-order valence-corrected chi connectivity index (χ3v) is 9.10. The number of carbonyl (C=O) groups is 3. The van der Waals surface area contributed by atoms with Crippen LogP contribution in [0.15, 0.2) is 54.6 Å². The summed E-state index contributed by atoms with van der Waals surface area (Å²) in [5.74, 6) is -2.35. The van der Waals surface area contributed by atoms with Crippen LogP contribution in [-0.4, -0.2) is 38.0 Å². The summed E-state index contributed by atoms with van der Waals surface area (Å²) >= 11 is 19.2. The molecule has 3 amide bonds. The Morgan fingerprint density at radius 3 is 2.26 bits per heavy atom. The van der Waals surface area contributed by atoms with Crippen LogP contribution in [0, 0.1) is 6.92 Å². The topological polar surface area (TPSA) is 131 Å². The number of amides is 3. The van der Waals surface area contributed by atoms with Gasteiger partial charge in [0.05, 0.1) is 12.3 Å². The molecule has 2 heterocycles. The first-order valence-corrected chi connectivity index (χ1v) is 16.2. The number of hydrogen-bond donors (Lipinski definition) is 3. The van der Waals surface area contributed by atoms with E-state index in [9.17, 15) is 22.8 Å². The van der Waals surface area contributed by atoms with Crippen molar-refractivity contribution < 1.29 is 27.5 Å². The number of aryl methyl sites for hydroxylation is 1. The monoisotopic (exact) mass is 663 g/mol. The molecule has 9 nitrogen and oxygen atoms in total. The SMILES string of the molecule is Cc1ccc(Cl)cc1[C@@H]1NC(=O)C[C@H](c2cc(Cl)ccc2OC(C)(C)C(=O)NS(C)(=O)=O)[C@@]12C(=O)Nc1cc(Cl)ccc12. The average molecular weight is 665 g/mol. The van der Waals surface area contributed by atoms with E-state index in [-0.39, 0.29) is 24.0 Å². The highest BCUT2D eigenvalue weighted by atomic mass is 35.5. The lowest BCUT2D eigenvalue weighted by Gasteiger charge is -2.47. The molecule has 0 radical (unpaired) electrons. The zero-order valence-corrected chi connectivity index (χ0v) is 26.6. The minimum atomic E-state index is -3.88. The number of fused-ring (bicyclic) bond motifs is 2. The molecule has 3 aromatic rings. The molecule has 2 aliphatic rings. The van der Waals surface area contributed by atoms with Crippen LogP contribution >= 0.6 is 34.8 Å². The molecule has 2 aliphatic heterocycles. The highest BCUT2D eigenvalue weighted by Gasteiger charge is 2.62.